The molecular weight excluding hydrogens is 385 g/mol. The Morgan fingerprint density at radius 2 is 1.26 bits per heavy atom. The van der Waals surface area contributed by atoms with E-state index in [1.165, 1.54) is 6.07 Å². The molecule has 0 atom stereocenters. The molecular formula is C27H20FN3. The SMILES string of the molecule is C=C/C=C(\C=C)c1ccc(F)c(-c2nc(-c3ccccc3)nc(-c3ccccc3)n2)c1. The topological polar surface area (TPSA) is 38.7 Å². The summed E-state index contributed by atoms with van der Waals surface area (Å²) < 4.78 is 14.9. The summed E-state index contributed by atoms with van der Waals surface area (Å²) in [5.41, 5.74) is 3.59. The maximum Gasteiger partial charge on any atom is 0.167 e. The van der Waals surface area contributed by atoms with Gasteiger partial charge in [-0.1, -0.05) is 98.1 Å². The predicted octanol–water partition coefficient (Wildman–Crippen LogP) is 6.77. The molecule has 0 N–H and O–H groups in total. The molecule has 0 spiro atoms. The average Bonchev–Trinajstić information content (AvgIpc) is 2.84. The third kappa shape index (κ3) is 4.38. The van der Waals surface area contributed by atoms with E-state index in [2.05, 4.69) is 28.1 Å². The van der Waals surface area contributed by atoms with Crippen molar-refractivity contribution in [1.82, 2.24) is 15.0 Å². The van der Waals surface area contributed by atoms with E-state index in [0.717, 1.165) is 22.3 Å². The van der Waals surface area contributed by atoms with Crippen LogP contribution < -0.4 is 0 Å². The van der Waals surface area contributed by atoms with E-state index < -0.39 is 5.82 Å². The standard InChI is InChI=1S/C27H20FN3/c1-3-11-19(4-2)22-16-17-24(28)23(18-22)27-30-25(20-12-7-5-8-13-20)29-26(31-27)21-14-9-6-10-15-21/h3-18H,1-2H2/b19-11+. The highest BCUT2D eigenvalue weighted by molar-refractivity contribution is 5.78. The highest BCUT2D eigenvalue weighted by Gasteiger charge is 2.15. The quantitative estimate of drug-likeness (QED) is 0.332. The zero-order valence-corrected chi connectivity index (χ0v) is 16.9. The lowest BCUT2D eigenvalue weighted by Crippen LogP contribution is -2.01. The molecule has 0 radical (unpaired) electrons. The Hall–Kier alpha value is -4.18. The number of aromatic nitrogens is 3. The Bertz CT molecular complexity index is 1200. The molecule has 1 heterocycles. The summed E-state index contributed by atoms with van der Waals surface area (Å²) in [6, 6.07) is 24.0. The van der Waals surface area contributed by atoms with Crippen molar-refractivity contribution in [2.24, 2.45) is 0 Å². The molecule has 1 aromatic heterocycles. The van der Waals surface area contributed by atoms with Crippen molar-refractivity contribution in [3.63, 3.8) is 0 Å². The van der Waals surface area contributed by atoms with E-state index in [1.54, 1.807) is 24.3 Å². The Morgan fingerprint density at radius 3 is 1.77 bits per heavy atom. The highest BCUT2D eigenvalue weighted by atomic mass is 19.1. The largest absolute Gasteiger partial charge is 0.208 e. The van der Waals surface area contributed by atoms with Gasteiger partial charge >= 0.3 is 0 Å². The number of hydrogen-bond acceptors (Lipinski definition) is 3. The van der Waals surface area contributed by atoms with E-state index in [0.29, 0.717) is 17.2 Å². The van der Waals surface area contributed by atoms with E-state index in [4.69, 9.17) is 0 Å². The van der Waals surface area contributed by atoms with E-state index in [9.17, 15) is 4.39 Å². The van der Waals surface area contributed by atoms with Crippen LogP contribution in [0.5, 0.6) is 0 Å². The van der Waals surface area contributed by atoms with Crippen LogP contribution in [0, 0.1) is 5.82 Å². The molecule has 0 bridgehead atoms. The lowest BCUT2D eigenvalue weighted by atomic mass is 10.0. The van der Waals surface area contributed by atoms with Crippen LogP contribution in [0.15, 0.2) is 110 Å². The monoisotopic (exact) mass is 405 g/mol. The zero-order valence-electron chi connectivity index (χ0n) is 16.9. The van der Waals surface area contributed by atoms with Crippen molar-refractivity contribution in [3.05, 3.63) is 122 Å². The van der Waals surface area contributed by atoms with E-state index >= 15 is 0 Å². The van der Waals surface area contributed by atoms with Gasteiger partial charge in [0.1, 0.15) is 5.82 Å². The fourth-order valence-corrected chi connectivity index (χ4v) is 3.21. The first-order chi connectivity index (χ1) is 15.2. The molecule has 0 aliphatic carbocycles. The van der Waals surface area contributed by atoms with Gasteiger partial charge in [0.2, 0.25) is 0 Å². The van der Waals surface area contributed by atoms with E-state index in [1.807, 2.05) is 66.7 Å². The van der Waals surface area contributed by atoms with Crippen molar-refractivity contribution in [2.75, 3.05) is 0 Å². The molecule has 0 aliphatic heterocycles. The summed E-state index contributed by atoms with van der Waals surface area (Å²) in [6.45, 7) is 7.57. The molecule has 3 aromatic carbocycles. The van der Waals surface area contributed by atoms with Gasteiger partial charge in [-0.05, 0) is 23.3 Å². The summed E-state index contributed by atoms with van der Waals surface area (Å²) >= 11 is 0. The number of nitrogens with zero attached hydrogens (tertiary/aromatic N) is 3. The van der Waals surface area contributed by atoms with Crippen LogP contribution in [0.1, 0.15) is 5.56 Å². The molecule has 0 amide bonds. The molecule has 4 rings (SSSR count). The van der Waals surface area contributed by atoms with Gasteiger partial charge in [-0.2, -0.15) is 0 Å². The van der Waals surface area contributed by atoms with Gasteiger partial charge in [-0.25, -0.2) is 19.3 Å². The fraction of sp³-hybridized carbons (Fsp3) is 0. The van der Waals surface area contributed by atoms with Crippen LogP contribution in [0.4, 0.5) is 4.39 Å². The Morgan fingerprint density at radius 1 is 0.710 bits per heavy atom. The summed E-state index contributed by atoms with van der Waals surface area (Å²) in [5.74, 6) is 0.837. The minimum absolute atomic E-state index is 0.272. The zero-order chi connectivity index (χ0) is 21.6. The highest BCUT2D eigenvalue weighted by Crippen LogP contribution is 2.28. The van der Waals surface area contributed by atoms with Crippen LogP contribution >= 0.6 is 0 Å². The molecule has 4 heteroatoms. The second-order valence-corrected chi connectivity index (χ2v) is 6.79. The van der Waals surface area contributed by atoms with Gasteiger partial charge < -0.3 is 0 Å². The van der Waals surface area contributed by atoms with Crippen LogP contribution in [0.2, 0.25) is 0 Å². The van der Waals surface area contributed by atoms with Crippen molar-refractivity contribution >= 4 is 5.57 Å². The van der Waals surface area contributed by atoms with Gasteiger partial charge in [0.15, 0.2) is 17.5 Å². The molecule has 150 valence electrons. The smallest absolute Gasteiger partial charge is 0.167 e. The first-order valence-electron chi connectivity index (χ1n) is 9.82. The van der Waals surface area contributed by atoms with Crippen LogP contribution in [-0.4, -0.2) is 15.0 Å². The minimum atomic E-state index is -0.407. The number of halogens is 1. The molecule has 31 heavy (non-hydrogen) atoms. The minimum Gasteiger partial charge on any atom is -0.208 e. The number of hydrogen-bond donors (Lipinski definition) is 0. The molecule has 0 aliphatic rings. The fourth-order valence-electron chi connectivity index (χ4n) is 3.21. The molecule has 0 saturated heterocycles. The maximum absolute atomic E-state index is 14.9. The second kappa shape index (κ2) is 9.09. The van der Waals surface area contributed by atoms with Gasteiger partial charge in [0.05, 0.1) is 5.56 Å². The first kappa shape index (κ1) is 20.1. The summed E-state index contributed by atoms with van der Waals surface area (Å²) in [6.07, 6.45) is 5.20. The Balaban J connectivity index is 1.93. The lowest BCUT2D eigenvalue weighted by molar-refractivity contribution is 0.629. The third-order valence-electron chi connectivity index (χ3n) is 4.76. The number of allylic oxidation sites excluding steroid dienone is 4. The molecule has 0 unspecified atom stereocenters. The number of benzene rings is 3. The lowest BCUT2D eigenvalue weighted by Gasteiger charge is -2.10. The van der Waals surface area contributed by atoms with Crippen molar-refractivity contribution in [2.45, 2.75) is 0 Å². The Labute approximate surface area is 181 Å². The third-order valence-corrected chi connectivity index (χ3v) is 4.76. The molecule has 3 nitrogen and oxygen atoms in total. The van der Waals surface area contributed by atoms with Crippen molar-refractivity contribution in [3.8, 4) is 34.2 Å². The number of rotatable bonds is 6. The summed E-state index contributed by atoms with van der Waals surface area (Å²) in [4.78, 5) is 13.9. The van der Waals surface area contributed by atoms with Crippen LogP contribution in [0.3, 0.4) is 0 Å². The predicted molar refractivity (Wildman–Crippen MR) is 124 cm³/mol. The normalized spacial score (nSPS) is 11.2. The van der Waals surface area contributed by atoms with Gasteiger partial charge in [-0.15, -0.1) is 0 Å². The van der Waals surface area contributed by atoms with Crippen molar-refractivity contribution < 1.29 is 4.39 Å². The Kier molecular flexibility index (Phi) is 5.90. The molecule has 4 aromatic rings. The first-order valence-corrected chi connectivity index (χ1v) is 9.82. The van der Waals surface area contributed by atoms with Gasteiger partial charge in [0.25, 0.3) is 0 Å². The van der Waals surface area contributed by atoms with Crippen LogP contribution in [0.25, 0.3) is 39.7 Å². The van der Waals surface area contributed by atoms with E-state index in [-0.39, 0.29) is 5.82 Å². The maximum atomic E-state index is 14.9. The van der Waals surface area contributed by atoms with Gasteiger partial charge in [0, 0.05) is 11.1 Å². The summed E-state index contributed by atoms with van der Waals surface area (Å²) in [5, 5.41) is 0. The summed E-state index contributed by atoms with van der Waals surface area (Å²) in [7, 11) is 0. The van der Waals surface area contributed by atoms with Gasteiger partial charge in [-0.3, -0.25) is 0 Å². The molecule has 0 fully saturated rings. The second-order valence-electron chi connectivity index (χ2n) is 6.79. The molecule has 0 saturated carbocycles. The van der Waals surface area contributed by atoms with Crippen molar-refractivity contribution in [1.29, 1.82) is 0 Å². The van der Waals surface area contributed by atoms with Crippen LogP contribution in [-0.2, 0) is 0 Å². The average molecular weight is 405 g/mol.